The van der Waals surface area contributed by atoms with Gasteiger partial charge in [-0.05, 0) is 42.8 Å². The molecule has 1 amide bonds. The molecule has 3 aromatic rings. The lowest BCUT2D eigenvalue weighted by Gasteiger charge is -2.15. The van der Waals surface area contributed by atoms with E-state index in [2.05, 4.69) is 17.6 Å². The third kappa shape index (κ3) is 5.63. The summed E-state index contributed by atoms with van der Waals surface area (Å²) >= 11 is 1.59. The minimum absolute atomic E-state index is 0. The van der Waals surface area contributed by atoms with E-state index in [0.717, 1.165) is 21.0 Å². The fourth-order valence-electron chi connectivity index (χ4n) is 2.74. The van der Waals surface area contributed by atoms with E-state index in [1.165, 1.54) is 13.0 Å². The Kier molecular flexibility index (Phi) is 7.54. The number of anilines is 1. The summed E-state index contributed by atoms with van der Waals surface area (Å²) in [4.78, 5) is 13.3. The number of hydrogen-bond donors (Lipinski definition) is 2. The van der Waals surface area contributed by atoms with Crippen LogP contribution in [0.4, 0.5) is 10.1 Å². The lowest BCUT2D eigenvalue weighted by molar-refractivity contribution is -0.114. The number of hydrogen-bond acceptors (Lipinski definition) is 3. The molecule has 0 aliphatic rings. The summed E-state index contributed by atoms with van der Waals surface area (Å²) in [5.41, 5.74) is 2.53. The number of nitrogens with one attached hydrogen (secondary N) is 2. The molecule has 2 N–H and O–H groups in total. The highest BCUT2D eigenvalue weighted by molar-refractivity contribution is 7.15. The minimum atomic E-state index is -0.197. The summed E-state index contributed by atoms with van der Waals surface area (Å²) in [5, 5.41) is 6.28. The van der Waals surface area contributed by atoms with Gasteiger partial charge in [-0.1, -0.05) is 30.3 Å². The quantitative estimate of drug-likeness (QED) is 0.546. The Labute approximate surface area is 169 Å². The number of thiophene rings is 1. The number of benzene rings is 2. The number of halogens is 2. The second-order valence-electron chi connectivity index (χ2n) is 6.16. The fraction of sp³-hybridized carbons (Fsp3) is 0.190. The first-order chi connectivity index (χ1) is 12.5. The topological polar surface area (TPSA) is 41.1 Å². The van der Waals surface area contributed by atoms with Crippen LogP contribution in [0.3, 0.4) is 0 Å². The third-order valence-electron chi connectivity index (χ3n) is 4.09. The first-order valence-corrected chi connectivity index (χ1v) is 9.29. The molecule has 0 aliphatic carbocycles. The largest absolute Gasteiger partial charge is 0.326 e. The molecule has 1 unspecified atom stereocenters. The van der Waals surface area contributed by atoms with E-state index in [0.29, 0.717) is 12.1 Å². The van der Waals surface area contributed by atoms with E-state index in [9.17, 15) is 9.18 Å². The highest BCUT2D eigenvalue weighted by atomic mass is 35.5. The van der Waals surface area contributed by atoms with Crippen molar-refractivity contribution in [3.8, 4) is 10.4 Å². The van der Waals surface area contributed by atoms with Gasteiger partial charge in [-0.15, -0.1) is 23.7 Å². The highest BCUT2D eigenvalue weighted by Gasteiger charge is 2.10. The van der Waals surface area contributed by atoms with Gasteiger partial charge in [-0.25, -0.2) is 4.39 Å². The molecule has 6 heteroatoms. The minimum Gasteiger partial charge on any atom is -0.326 e. The molecule has 142 valence electrons. The summed E-state index contributed by atoms with van der Waals surface area (Å²) in [7, 11) is 0. The molecule has 1 heterocycles. The maximum atomic E-state index is 13.9. The summed E-state index contributed by atoms with van der Waals surface area (Å²) in [6.45, 7) is 4.28. The molecule has 27 heavy (non-hydrogen) atoms. The molecule has 0 saturated heterocycles. The number of carbonyl (C=O) groups excluding carboxylic acids is 1. The van der Waals surface area contributed by atoms with E-state index in [1.54, 1.807) is 23.5 Å². The average Bonchev–Trinajstić information content (AvgIpc) is 3.08. The van der Waals surface area contributed by atoms with Crippen molar-refractivity contribution in [2.24, 2.45) is 0 Å². The van der Waals surface area contributed by atoms with Crippen molar-refractivity contribution in [3.05, 3.63) is 76.9 Å². The van der Waals surface area contributed by atoms with E-state index < -0.39 is 0 Å². The van der Waals surface area contributed by atoms with Crippen LogP contribution in [0.15, 0.2) is 60.7 Å². The van der Waals surface area contributed by atoms with Crippen molar-refractivity contribution in [1.29, 1.82) is 0 Å². The highest BCUT2D eigenvalue weighted by Crippen LogP contribution is 2.30. The second kappa shape index (κ2) is 9.65. The van der Waals surface area contributed by atoms with Gasteiger partial charge >= 0.3 is 0 Å². The van der Waals surface area contributed by atoms with Crippen LogP contribution in [0.25, 0.3) is 10.4 Å². The fourth-order valence-corrected chi connectivity index (χ4v) is 3.72. The van der Waals surface area contributed by atoms with Crippen molar-refractivity contribution in [2.45, 2.75) is 26.4 Å². The van der Waals surface area contributed by atoms with Crippen LogP contribution in [0, 0.1) is 5.82 Å². The molecular formula is C21H22ClFN2OS. The van der Waals surface area contributed by atoms with Crippen molar-refractivity contribution in [3.63, 3.8) is 0 Å². The van der Waals surface area contributed by atoms with Gasteiger partial charge in [-0.3, -0.25) is 4.79 Å². The Morgan fingerprint density at radius 3 is 2.63 bits per heavy atom. The van der Waals surface area contributed by atoms with Gasteiger partial charge in [0.15, 0.2) is 0 Å². The first-order valence-electron chi connectivity index (χ1n) is 8.47. The molecular weight excluding hydrogens is 383 g/mol. The molecule has 0 spiro atoms. The lowest BCUT2D eigenvalue weighted by atomic mass is 10.1. The summed E-state index contributed by atoms with van der Waals surface area (Å²) in [5.74, 6) is -0.279. The maximum absolute atomic E-state index is 13.9. The Morgan fingerprint density at radius 1 is 1.11 bits per heavy atom. The average molecular weight is 405 g/mol. The van der Waals surface area contributed by atoms with Crippen molar-refractivity contribution in [2.75, 3.05) is 5.32 Å². The van der Waals surface area contributed by atoms with E-state index in [-0.39, 0.29) is 30.2 Å². The van der Waals surface area contributed by atoms with Crippen LogP contribution < -0.4 is 10.6 Å². The van der Waals surface area contributed by atoms with E-state index in [4.69, 9.17) is 0 Å². The Balaban J connectivity index is 0.00000261. The Hall–Kier alpha value is -2.21. The molecule has 0 bridgehead atoms. The van der Waals surface area contributed by atoms with Gasteiger partial charge in [0.1, 0.15) is 5.82 Å². The smallest absolute Gasteiger partial charge is 0.221 e. The third-order valence-corrected chi connectivity index (χ3v) is 5.21. The van der Waals surface area contributed by atoms with Crippen LogP contribution >= 0.6 is 23.7 Å². The van der Waals surface area contributed by atoms with Gasteiger partial charge in [0.05, 0.1) is 0 Å². The molecule has 0 saturated carbocycles. The summed E-state index contributed by atoms with van der Waals surface area (Å²) in [6.07, 6.45) is 0. The first kappa shape index (κ1) is 21.1. The molecule has 1 atom stereocenters. The Bertz CT molecular complexity index is 912. The SMILES string of the molecule is CC(=O)Nc1cccc(C(C)NCc2ccc(-c3ccccc3F)s2)c1.Cl. The van der Waals surface area contributed by atoms with Crippen LogP contribution in [0.2, 0.25) is 0 Å². The predicted octanol–water partition coefficient (Wildman–Crippen LogP) is 5.79. The van der Waals surface area contributed by atoms with E-state index >= 15 is 0 Å². The van der Waals surface area contributed by atoms with Gasteiger partial charge in [0, 0.05) is 40.5 Å². The van der Waals surface area contributed by atoms with Crippen molar-refractivity contribution < 1.29 is 9.18 Å². The molecule has 3 nitrogen and oxygen atoms in total. The second-order valence-corrected chi connectivity index (χ2v) is 7.32. The molecule has 1 aromatic heterocycles. The number of amides is 1. The van der Waals surface area contributed by atoms with Crippen molar-refractivity contribution in [1.82, 2.24) is 5.32 Å². The van der Waals surface area contributed by atoms with Crippen LogP contribution in [-0.4, -0.2) is 5.91 Å². The van der Waals surface area contributed by atoms with E-state index in [1.807, 2.05) is 42.5 Å². The molecule has 3 rings (SSSR count). The Morgan fingerprint density at radius 2 is 1.89 bits per heavy atom. The van der Waals surface area contributed by atoms with Gasteiger partial charge in [0.2, 0.25) is 5.91 Å². The van der Waals surface area contributed by atoms with Gasteiger partial charge < -0.3 is 10.6 Å². The molecule has 0 aliphatic heterocycles. The summed E-state index contributed by atoms with van der Waals surface area (Å²) < 4.78 is 13.9. The van der Waals surface area contributed by atoms with Crippen LogP contribution in [0.5, 0.6) is 0 Å². The molecule has 2 aromatic carbocycles. The monoisotopic (exact) mass is 404 g/mol. The van der Waals surface area contributed by atoms with Crippen molar-refractivity contribution >= 4 is 35.3 Å². The maximum Gasteiger partial charge on any atom is 0.221 e. The molecule has 0 fully saturated rings. The zero-order chi connectivity index (χ0) is 18.5. The zero-order valence-corrected chi connectivity index (χ0v) is 16.8. The zero-order valence-electron chi connectivity index (χ0n) is 15.2. The number of carbonyl (C=O) groups is 1. The van der Waals surface area contributed by atoms with Gasteiger partial charge in [0.25, 0.3) is 0 Å². The normalized spacial score (nSPS) is 11.5. The molecule has 0 radical (unpaired) electrons. The predicted molar refractivity (Wildman–Crippen MR) is 113 cm³/mol. The summed E-state index contributed by atoms with van der Waals surface area (Å²) in [6, 6.07) is 18.8. The van der Waals surface area contributed by atoms with Crippen LogP contribution in [-0.2, 0) is 11.3 Å². The van der Waals surface area contributed by atoms with Gasteiger partial charge in [-0.2, -0.15) is 0 Å². The number of rotatable bonds is 6. The van der Waals surface area contributed by atoms with Crippen LogP contribution in [0.1, 0.15) is 30.3 Å². The lowest BCUT2D eigenvalue weighted by Crippen LogP contribution is -2.17. The standard InChI is InChI=1S/C21H21FN2OS.ClH/c1-14(16-6-5-7-17(12-16)24-15(2)25)23-13-18-10-11-21(26-18)19-8-3-4-9-20(19)22;/h3-12,14,23H,13H2,1-2H3,(H,24,25);1H.